The summed E-state index contributed by atoms with van der Waals surface area (Å²) in [6.45, 7) is 0. The number of fused-ring (bicyclic) bond motifs is 3. The zero-order valence-electron chi connectivity index (χ0n) is 12.1. The van der Waals surface area contributed by atoms with Gasteiger partial charge in [0.25, 0.3) is 0 Å². The normalized spacial score (nSPS) is 14.3. The summed E-state index contributed by atoms with van der Waals surface area (Å²) in [5.41, 5.74) is 1.18. The van der Waals surface area contributed by atoms with Gasteiger partial charge in [0.2, 0.25) is 17.8 Å². The minimum Gasteiger partial charge on any atom is -0.323 e. The minimum atomic E-state index is -0.359. The van der Waals surface area contributed by atoms with Gasteiger partial charge in [-0.2, -0.15) is 0 Å². The van der Waals surface area contributed by atoms with Crippen LogP contribution in [0.15, 0.2) is 54.9 Å². The summed E-state index contributed by atoms with van der Waals surface area (Å²) in [5, 5.41) is 4.69. The molecule has 23 heavy (non-hydrogen) atoms. The molecule has 0 atom stereocenters. The smallest absolute Gasteiger partial charge is 0.243 e. The van der Waals surface area contributed by atoms with Crippen LogP contribution in [0.1, 0.15) is 6.42 Å². The Morgan fingerprint density at radius 3 is 2.57 bits per heavy atom. The molecule has 1 aliphatic heterocycles. The lowest BCUT2D eigenvalue weighted by Crippen LogP contribution is -2.27. The summed E-state index contributed by atoms with van der Waals surface area (Å²) in [6.07, 6.45) is 2.88. The first-order valence-corrected chi connectivity index (χ1v) is 7.15. The third-order valence-corrected chi connectivity index (χ3v) is 3.73. The lowest BCUT2D eigenvalue weighted by atomic mass is 10.1. The maximum Gasteiger partial charge on any atom is 0.243 e. The average Bonchev–Trinajstić information content (AvgIpc) is 2.70. The molecule has 4 rings (SSSR count). The van der Waals surface area contributed by atoms with E-state index in [1.54, 1.807) is 24.5 Å². The Morgan fingerprint density at radius 1 is 0.957 bits per heavy atom. The predicted octanol–water partition coefficient (Wildman–Crippen LogP) is 2.64. The van der Waals surface area contributed by atoms with E-state index in [-0.39, 0.29) is 24.2 Å². The van der Waals surface area contributed by atoms with Gasteiger partial charge in [-0.05, 0) is 17.5 Å². The molecule has 0 saturated heterocycles. The van der Waals surface area contributed by atoms with Crippen LogP contribution < -0.4 is 10.2 Å². The first-order chi connectivity index (χ1) is 11.2. The molecule has 0 saturated carbocycles. The number of amides is 2. The van der Waals surface area contributed by atoms with Crippen LogP contribution in [0.2, 0.25) is 0 Å². The molecule has 0 unspecified atom stereocenters. The fourth-order valence-corrected chi connectivity index (χ4v) is 2.74. The number of aromatic nitrogens is 2. The molecule has 0 aliphatic carbocycles. The van der Waals surface area contributed by atoms with E-state index in [0.29, 0.717) is 11.4 Å². The largest absolute Gasteiger partial charge is 0.323 e. The third kappa shape index (κ3) is 2.20. The molecule has 2 aromatic carbocycles. The van der Waals surface area contributed by atoms with Crippen molar-refractivity contribution in [3.63, 3.8) is 0 Å². The van der Waals surface area contributed by atoms with Crippen molar-refractivity contribution in [3.8, 4) is 0 Å². The molecule has 0 fully saturated rings. The number of benzene rings is 2. The van der Waals surface area contributed by atoms with Crippen LogP contribution in [0.25, 0.3) is 10.8 Å². The number of hydrogen-bond acceptors (Lipinski definition) is 4. The molecule has 2 heterocycles. The van der Waals surface area contributed by atoms with Gasteiger partial charge < -0.3 is 5.32 Å². The van der Waals surface area contributed by atoms with Gasteiger partial charge in [-0.15, -0.1) is 0 Å². The molecule has 1 aliphatic rings. The molecule has 1 N–H and O–H groups in total. The van der Waals surface area contributed by atoms with Crippen LogP contribution in [-0.2, 0) is 9.59 Å². The molecule has 6 heteroatoms. The van der Waals surface area contributed by atoms with E-state index in [1.807, 2.05) is 30.3 Å². The Balaban J connectivity index is 2.01. The molecule has 1 aromatic heterocycles. The van der Waals surface area contributed by atoms with Crippen molar-refractivity contribution in [1.29, 1.82) is 0 Å². The second-order valence-electron chi connectivity index (χ2n) is 5.18. The van der Waals surface area contributed by atoms with Crippen LogP contribution in [0.4, 0.5) is 17.3 Å². The van der Waals surface area contributed by atoms with Gasteiger partial charge in [0, 0.05) is 17.8 Å². The summed E-state index contributed by atoms with van der Waals surface area (Å²) in [4.78, 5) is 34.3. The average molecular weight is 304 g/mol. The van der Waals surface area contributed by atoms with E-state index < -0.39 is 0 Å². The minimum absolute atomic E-state index is 0.249. The zero-order chi connectivity index (χ0) is 15.8. The van der Waals surface area contributed by atoms with E-state index in [9.17, 15) is 9.59 Å². The number of carbonyl (C=O) groups is 2. The highest BCUT2D eigenvalue weighted by atomic mass is 16.2. The fourth-order valence-electron chi connectivity index (χ4n) is 2.74. The molecule has 0 bridgehead atoms. The number of nitrogens with one attached hydrogen (secondary N) is 1. The van der Waals surface area contributed by atoms with Crippen LogP contribution in [0.5, 0.6) is 0 Å². The van der Waals surface area contributed by atoms with Crippen LogP contribution in [-0.4, -0.2) is 21.8 Å². The van der Waals surface area contributed by atoms with Crippen LogP contribution in [0.3, 0.4) is 0 Å². The highest BCUT2D eigenvalue weighted by molar-refractivity contribution is 6.20. The summed E-state index contributed by atoms with van der Waals surface area (Å²) >= 11 is 0. The first kappa shape index (κ1) is 13.4. The van der Waals surface area contributed by atoms with E-state index in [2.05, 4.69) is 15.3 Å². The molecule has 3 aromatic rings. The summed E-state index contributed by atoms with van der Waals surface area (Å²) in [7, 11) is 0. The second-order valence-corrected chi connectivity index (χ2v) is 5.18. The van der Waals surface area contributed by atoms with E-state index in [4.69, 9.17) is 0 Å². The standard InChI is InChI=1S/C17H12N4O2/c22-14-10-15(23)21(17-18-8-3-9-19-17)13-7-6-11-4-1-2-5-12(11)16(13)20-14/h1-9H,10H2,(H,20,22). The quantitative estimate of drug-likeness (QED) is 0.701. The monoisotopic (exact) mass is 304 g/mol. The maximum atomic E-state index is 12.5. The fraction of sp³-hybridized carbons (Fsp3) is 0.0588. The summed E-state index contributed by atoms with van der Waals surface area (Å²) in [5.74, 6) is -0.445. The van der Waals surface area contributed by atoms with E-state index in [1.165, 1.54) is 4.90 Å². The van der Waals surface area contributed by atoms with Crippen molar-refractivity contribution in [2.75, 3.05) is 10.2 Å². The molecule has 6 nitrogen and oxygen atoms in total. The van der Waals surface area contributed by atoms with Crippen LogP contribution >= 0.6 is 0 Å². The third-order valence-electron chi connectivity index (χ3n) is 3.73. The number of nitrogens with zero attached hydrogens (tertiary/aromatic N) is 3. The van der Waals surface area contributed by atoms with E-state index >= 15 is 0 Å². The Bertz CT molecular complexity index is 924. The van der Waals surface area contributed by atoms with Gasteiger partial charge in [0.05, 0.1) is 11.4 Å². The lowest BCUT2D eigenvalue weighted by Gasteiger charge is -2.20. The SMILES string of the molecule is O=C1CC(=O)N(c2ncccn2)c2ccc3ccccc3c2N1. The van der Waals surface area contributed by atoms with Crippen LogP contribution in [0, 0.1) is 0 Å². The Kier molecular flexibility index (Phi) is 3.01. The molecular weight excluding hydrogens is 292 g/mol. The first-order valence-electron chi connectivity index (χ1n) is 7.15. The molecule has 2 amide bonds. The Morgan fingerprint density at radius 2 is 1.74 bits per heavy atom. The number of anilines is 3. The van der Waals surface area contributed by atoms with Gasteiger partial charge in [0.15, 0.2) is 0 Å². The van der Waals surface area contributed by atoms with Gasteiger partial charge >= 0.3 is 0 Å². The molecule has 0 radical (unpaired) electrons. The predicted molar refractivity (Wildman–Crippen MR) is 86.4 cm³/mol. The Hall–Kier alpha value is -3.28. The van der Waals surface area contributed by atoms with Gasteiger partial charge in [0.1, 0.15) is 6.42 Å². The van der Waals surface area contributed by atoms with Crippen molar-refractivity contribution in [3.05, 3.63) is 54.9 Å². The molecule has 0 spiro atoms. The highest BCUT2D eigenvalue weighted by Crippen LogP contribution is 2.38. The van der Waals surface area contributed by atoms with Crippen molar-refractivity contribution in [2.24, 2.45) is 0 Å². The summed E-state index contributed by atoms with van der Waals surface area (Å²) < 4.78 is 0. The van der Waals surface area contributed by atoms with Crippen molar-refractivity contribution >= 4 is 39.9 Å². The zero-order valence-corrected chi connectivity index (χ0v) is 12.1. The lowest BCUT2D eigenvalue weighted by molar-refractivity contribution is -0.124. The second kappa shape index (κ2) is 5.17. The van der Waals surface area contributed by atoms with Gasteiger partial charge in [-0.3, -0.25) is 9.59 Å². The number of hydrogen-bond donors (Lipinski definition) is 1. The van der Waals surface area contributed by atoms with Gasteiger partial charge in [-0.25, -0.2) is 14.9 Å². The summed E-state index contributed by atoms with van der Waals surface area (Å²) in [6, 6.07) is 13.1. The number of rotatable bonds is 1. The van der Waals surface area contributed by atoms with Gasteiger partial charge in [-0.1, -0.05) is 30.3 Å². The Labute approximate surface area is 131 Å². The highest BCUT2D eigenvalue weighted by Gasteiger charge is 2.29. The van der Waals surface area contributed by atoms with E-state index in [0.717, 1.165) is 10.8 Å². The molecular formula is C17H12N4O2. The topological polar surface area (TPSA) is 75.2 Å². The maximum absolute atomic E-state index is 12.5. The molecule has 112 valence electrons. The van der Waals surface area contributed by atoms with Crippen molar-refractivity contribution < 1.29 is 9.59 Å². The number of carbonyl (C=O) groups excluding carboxylic acids is 2. The van der Waals surface area contributed by atoms with Crippen molar-refractivity contribution in [1.82, 2.24) is 9.97 Å². The van der Waals surface area contributed by atoms with Crippen molar-refractivity contribution in [2.45, 2.75) is 6.42 Å².